The number of nitriles is 1. The van der Waals surface area contributed by atoms with E-state index < -0.39 is 10.0 Å². The monoisotopic (exact) mass is 419 g/mol. The Morgan fingerprint density at radius 2 is 2.00 bits per heavy atom. The first-order valence-corrected chi connectivity index (χ1v) is 11.4. The van der Waals surface area contributed by atoms with Crippen LogP contribution < -0.4 is 0 Å². The SMILES string of the molecule is N#Cc1cc(Cl)ccc1S(=O)(=O)N1CCC[C@H](c2nnc3n2CCCCC3)C1. The standard InChI is InChI=1S/C19H22ClN5O2S/c20-16-7-8-17(15(11-16)12-21)28(26,27)24-9-4-5-14(13-24)19-23-22-18-6-2-1-3-10-25(18)19/h7-8,11,14H,1-6,9-10,13H2/t14-/m0/s1. The molecule has 1 aromatic heterocycles. The maximum Gasteiger partial charge on any atom is 0.244 e. The fourth-order valence-electron chi connectivity index (χ4n) is 4.13. The number of piperidine rings is 1. The van der Waals surface area contributed by atoms with Crippen molar-refractivity contribution in [1.82, 2.24) is 19.1 Å². The summed E-state index contributed by atoms with van der Waals surface area (Å²) in [5, 5.41) is 18.5. The minimum Gasteiger partial charge on any atom is -0.315 e. The van der Waals surface area contributed by atoms with E-state index in [0.717, 1.165) is 50.3 Å². The molecule has 148 valence electrons. The van der Waals surface area contributed by atoms with Crippen molar-refractivity contribution in [3.8, 4) is 6.07 Å². The van der Waals surface area contributed by atoms with Gasteiger partial charge in [-0.05, 0) is 43.9 Å². The van der Waals surface area contributed by atoms with E-state index in [-0.39, 0.29) is 16.4 Å². The van der Waals surface area contributed by atoms with Gasteiger partial charge in [0.1, 0.15) is 22.6 Å². The van der Waals surface area contributed by atoms with Crippen LogP contribution in [0.15, 0.2) is 23.1 Å². The molecule has 0 aliphatic carbocycles. The quantitative estimate of drug-likeness (QED) is 0.762. The minimum atomic E-state index is -3.78. The second-order valence-electron chi connectivity index (χ2n) is 7.39. The first kappa shape index (κ1) is 19.4. The maximum absolute atomic E-state index is 13.2. The lowest BCUT2D eigenvalue weighted by Crippen LogP contribution is -2.40. The second kappa shape index (κ2) is 7.82. The summed E-state index contributed by atoms with van der Waals surface area (Å²) in [7, 11) is -3.78. The van der Waals surface area contributed by atoms with Crippen LogP contribution in [0, 0.1) is 11.3 Å². The van der Waals surface area contributed by atoms with Gasteiger partial charge in [-0.15, -0.1) is 10.2 Å². The number of rotatable bonds is 3. The third-order valence-corrected chi connectivity index (χ3v) is 7.73. The smallest absolute Gasteiger partial charge is 0.244 e. The number of hydrogen-bond donors (Lipinski definition) is 0. The molecule has 0 unspecified atom stereocenters. The van der Waals surface area contributed by atoms with Gasteiger partial charge in [-0.2, -0.15) is 9.57 Å². The molecule has 28 heavy (non-hydrogen) atoms. The molecule has 2 aliphatic rings. The summed E-state index contributed by atoms with van der Waals surface area (Å²) >= 11 is 5.93. The molecule has 2 aliphatic heterocycles. The molecule has 1 atom stereocenters. The molecule has 0 radical (unpaired) electrons. The second-order valence-corrected chi connectivity index (χ2v) is 9.73. The van der Waals surface area contributed by atoms with Gasteiger partial charge in [-0.3, -0.25) is 0 Å². The van der Waals surface area contributed by atoms with Crippen molar-refractivity contribution >= 4 is 21.6 Å². The molecule has 4 rings (SSSR count). The van der Waals surface area contributed by atoms with E-state index in [1.807, 2.05) is 6.07 Å². The van der Waals surface area contributed by atoms with Gasteiger partial charge >= 0.3 is 0 Å². The normalized spacial score (nSPS) is 20.9. The highest BCUT2D eigenvalue weighted by atomic mass is 35.5. The number of nitrogens with zero attached hydrogens (tertiary/aromatic N) is 5. The Kier molecular flexibility index (Phi) is 5.41. The van der Waals surface area contributed by atoms with Gasteiger partial charge in [0.15, 0.2) is 0 Å². The molecule has 0 bridgehead atoms. The van der Waals surface area contributed by atoms with E-state index >= 15 is 0 Å². The Labute approximate surface area is 170 Å². The van der Waals surface area contributed by atoms with Crippen LogP contribution in [0.3, 0.4) is 0 Å². The van der Waals surface area contributed by atoms with E-state index in [9.17, 15) is 13.7 Å². The summed E-state index contributed by atoms with van der Waals surface area (Å²) in [5.41, 5.74) is 0.0750. The van der Waals surface area contributed by atoms with E-state index in [1.54, 1.807) is 0 Å². The molecular weight excluding hydrogens is 398 g/mol. The van der Waals surface area contributed by atoms with Gasteiger partial charge in [-0.25, -0.2) is 8.42 Å². The van der Waals surface area contributed by atoms with Crippen LogP contribution in [0.2, 0.25) is 5.02 Å². The first-order valence-electron chi connectivity index (χ1n) is 9.62. The zero-order valence-corrected chi connectivity index (χ0v) is 17.1. The molecule has 1 aromatic carbocycles. The summed E-state index contributed by atoms with van der Waals surface area (Å²) in [6.45, 7) is 1.69. The molecule has 0 amide bonds. The van der Waals surface area contributed by atoms with Gasteiger partial charge in [0, 0.05) is 37.0 Å². The van der Waals surface area contributed by atoms with Crippen LogP contribution >= 0.6 is 11.6 Å². The molecular formula is C19H22ClN5O2S. The van der Waals surface area contributed by atoms with Crippen molar-refractivity contribution in [2.24, 2.45) is 0 Å². The van der Waals surface area contributed by atoms with Gasteiger partial charge < -0.3 is 4.57 Å². The molecule has 0 N–H and O–H groups in total. The highest BCUT2D eigenvalue weighted by Crippen LogP contribution is 2.32. The number of sulfonamides is 1. The fraction of sp³-hybridized carbons (Fsp3) is 0.526. The number of aryl methyl sites for hydroxylation is 1. The van der Waals surface area contributed by atoms with Crippen molar-refractivity contribution in [2.45, 2.75) is 55.9 Å². The lowest BCUT2D eigenvalue weighted by Gasteiger charge is -2.31. The van der Waals surface area contributed by atoms with Crippen molar-refractivity contribution in [3.05, 3.63) is 40.4 Å². The van der Waals surface area contributed by atoms with Crippen LogP contribution in [-0.2, 0) is 23.0 Å². The topological polar surface area (TPSA) is 91.9 Å². The van der Waals surface area contributed by atoms with Crippen molar-refractivity contribution in [3.63, 3.8) is 0 Å². The molecule has 1 fully saturated rings. The highest BCUT2D eigenvalue weighted by Gasteiger charge is 2.34. The third-order valence-electron chi connectivity index (χ3n) is 5.57. The molecule has 2 aromatic rings. The predicted octanol–water partition coefficient (Wildman–Crippen LogP) is 3.10. The molecule has 0 spiro atoms. The van der Waals surface area contributed by atoms with Gasteiger partial charge in [-0.1, -0.05) is 18.0 Å². The molecule has 1 saturated heterocycles. The van der Waals surface area contributed by atoms with Crippen LogP contribution in [-0.4, -0.2) is 40.6 Å². The van der Waals surface area contributed by atoms with E-state index in [0.29, 0.717) is 18.1 Å². The molecule has 0 saturated carbocycles. The Morgan fingerprint density at radius 1 is 1.14 bits per heavy atom. The van der Waals surface area contributed by atoms with Gasteiger partial charge in [0.2, 0.25) is 10.0 Å². The van der Waals surface area contributed by atoms with Gasteiger partial charge in [0.05, 0.1) is 5.56 Å². The average Bonchev–Trinajstić information content (AvgIpc) is 2.96. The third kappa shape index (κ3) is 3.54. The Hall–Kier alpha value is -1.95. The number of halogens is 1. The summed E-state index contributed by atoms with van der Waals surface area (Å²) in [4.78, 5) is 0.0140. The van der Waals surface area contributed by atoms with Crippen LogP contribution in [0.1, 0.15) is 55.2 Å². The minimum absolute atomic E-state index is 0.0140. The fourth-order valence-corrected chi connectivity index (χ4v) is 5.95. The van der Waals surface area contributed by atoms with Crippen molar-refractivity contribution < 1.29 is 8.42 Å². The van der Waals surface area contributed by atoms with Crippen molar-refractivity contribution in [1.29, 1.82) is 5.26 Å². The summed E-state index contributed by atoms with van der Waals surface area (Å²) in [6.07, 6.45) is 5.97. The van der Waals surface area contributed by atoms with Crippen LogP contribution in [0.25, 0.3) is 0 Å². The van der Waals surface area contributed by atoms with E-state index in [2.05, 4.69) is 14.8 Å². The number of hydrogen-bond acceptors (Lipinski definition) is 5. The van der Waals surface area contributed by atoms with E-state index in [1.165, 1.54) is 28.9 Å². The summed E-state index contributed by atoms with van der Waals surface area (Å²) in [6, 6.07) is 6.28. The van der Waals surface area contributed by atoms with Crippen LogP contribution in [0.5, 0.6) is 0 Å². The number of aromatic nitrogens is 3. The maximum atomic E-state index is 13.2. The van der Waals surface area contributed by atoms with Crippen molar-refractivity contribution in [2.75, 3.05) is 13.1 Å². The zero-order valence-electron chi connectivity index (χ0n) is 15.5. The van der Waals surface area contributed by atoms with Crippen LogP contribution in [0.4, 0.5) is 0 Å². The largest absolute Gasteiger partial charge is 0.315 e. The first-order chi connectivity index (χ1) is 13.5. The zero-order chi connectivity index (χ0) is 19.7. The highest BCUT2D eigenvalue weighted by molar-refractivity contribution is 7.89. The van der Waals surface area contributed by atoms with E-state index in [4.69, 9.17) is 11.6 Å². The summed E-state index contributed by atoms with van der Waals surface area (Å²) in [5.74, 6) is 1.92. The molecule has 9 heteroatoms. The Bertz CT molecular complexity index is 1030. The Morgan fingerprint density at radius 3 is 2.82 bits per heavy atom. The summed E-state index contributed by atoms with van der Waals surface area (Å²) < 4.78 is 30.1. The van der Waals surface area contributed by atoms with Gasteiger partial charge in [0.25, 0.3) is 0 Å². The molecule has 3 heterocycles. The molecule has 7 nitrogen and oxygen atoms in total. The lowest BCUT2D eigenvalue weighted by atomic mass is 9.99. The average molecular weight is 420 g/mol. The number of benzene rings is 1. The predicted molar refractivity (Wildman–Crippen MR) is 104 cm³/mol. The number of fused-ring (bicyclic) bond motifs is 1. The Balaban J connectivity index is 1.63. The lowest BCUT2D eigenvalue weighted by molar-refractivity contribution is 0.304.